The summed E-state index contributed by atoms with van der Waals surface area (Å²) in [6.45, 7) is 1.43. The van der Waals surface area contributed by atoms with Gasteiger partial charge in [-0.1, -0.05) is 18.2 Å². The minimum atomic E-state index is -0.261. The number of rotatable bonds is 7. The maximum atomic E-state index is 12.3. The standard InChI is InChI=1S/C23H26N6O2/c24-23(31)18-5-4-12-28(16-18)21-10-9-19(14-25-21)27-22(30)11-8-17-13-26-29(15-17)20-6-2-1-3-7-20/h1-3,6-7,9-10,13-15,18H,4-5,8,11-12,16H2,(H2,24,31)(H,27,30). The normalized spacial score (nSPS) is 16.1. The lowest BCUT2D eigenvalue weighted by molar-refractivity contribution is -0.122. The number of piperidine rings is 1. The monoisotopic (exact) mass is 418 g/mol. The predicted molar refractivity (Wildman–Crippen MR) is 119 cm³/mol. The summed E-state index contributed by atoms with van der Waals surface area (Å²) in [6, 6.07) is 13.6. The number of hydrogen-bond donors (Lipinski definition) is 2. The number of amides is 2. The zero-order chi connectivity index (χ0) is 21.6. The number of para-hydroxylation sites is 1. The minimum Gasteiger partial charge on any atom is -0.369 e. The third kappa shape index (κ3) is 5.28. The molecule has 0 bridgehead atoms. The molecule has 0 saturated carbocycles. The second-order valence-electron chi connectivity index (χ2n) is 7.77. The highest BCUT2D eigenvalue weighted by Crippen LogP contribution is 2.22. The molecular weight excluding hydrogens is 392 g/mol. The Kier molecular flexibility index (Phi) is 6.26. The second-order valence-corrected chi connectivity index (χ2v) is 7.77. The van der Waals surface area contributed by atoms with Crippen molar-refractivity contribution in [1.82, 2.24) is 14.8 Å². The average Bonchev–Trinajstić information content (AvgIpc) is 3.28. The van der Waals surface area contributed by atoms with Crippen molar-refractivity contribution in [1.29, 1.82) is 0 Å². The van der Waals surface area contributed by atoms with E-state index in [4.69, 9.17) is 5.73 Å². The second kappa shape index (κ2) is 9.42. The smallest absolute Gasteiger partial charge is 0.224 e. The molecule has 2 aromatic heterocycles. The summed E-state index contributed by atoms with van der Waals surface area (Å²) in [5.74, 6) is 0.315. The number of nitrogens with one attached hydrogen (secondary N) is 1. The van der Waals surface area contributed by atoms with Crippen LogP contribution in [-0.4, -0.2) is 39.7 Å². The number of pyridine rings is 1. The van der Waals surface area contributed by atoms with Gasteiger partial charge in [-0.05, 0) is 49.1 Å². The first-order valence-corrected chi connectivity index (χ1v) is 10.5. The molecule has 4 rings (SSSR count). The van der Waals surface area contributed by atoms with Crippen LogP contribution in [0.2, 0.25) is 0 Å². The number of carbonyl (C=O) groups is 2. The number of primary amides is 1. The lowest BCUT2D eigenvalue weighted by atomic mass is 9.97. The fraction of sp³-hybridized carbons (Fsp3) is 0.304. The van der Waals surface area contributed by atoms with Crippen molar-refractivity contribution in [3.63, 3.8) is 0 Å². The van der Waals surface area contributed by atoms with Gasteiger partial charge in [-0.15, -0.1) is 0 Å². The van der Waals surface area contributed by atoms with Crippen molar-refractivity contribution >= 4 is 23.3 Å². The highest BCUT2D eigenvalue weighted by molar-refractivity contribution is 5.90. The van der Waals surface area contributed by atoms with Gasteiger partial charge < -0.3 is 16.0 Å². The van der Waals surface area contributed by atoms with E-state index in [1.54, 1.807) is 17.1 Å². The number of anilines is 2. The first-order chi connectivity index (χ1) is 15.1. The third-order valence-electron chi connectivity index (χ3n) is 5.48. The van der Waals surface area contributed by atoms with E-state index in [1.165, 1.54) is 0 Å². The van der Waals surface area contributed by atoms with E-state index in [0.717, 1.165) is 36.5 Å². The molecule has 31 heavy (non-hydrogen) atoms. The van der Waals surface area contributed by atoms with E-state index < -0.39 is 0 Å². The first-order valence-electron chi connectivity index (χ1n) is 10.5. The third-order valence-corrected chi connectivity index (χ3v) is 5.48. The van der Waals surface area contributed by atoms with Gasteiger partial charge in [0.1, 0.15) is 5.82 Å². The van der Waals surface area contributed by atoms with E-state index >= 15 is 0 Å². The Morgan fingerprint density at radius 2 is 1.97 bits per heavy atom. The Morgan fingerprint density at radius 1 is 1.13 bits per heavy atom. The molecule has 1 unspecified atom stereocenters. The molecule has 1 aliphatic heterocycles. The van der Waals surface area contributed by atoms with Crippen molar-refractivity contribution in [3.05, 3.63) is 66.6 Å². The zero-order valence-corrected chi connectivity index (χ0v) is 17.3. The molecule has 0 aliphatic carbocycles. The SMILES string of the molecule is NC(=O)C1CCCN(c2ccc(NC(=O)CCc3cnn(-c4ccccc4)c3)cn2)C1. The topological polar surface area (TPSA) is 106 Å². The molecule has 1 saturated heterocycles. The van der Waals surface area contributed by atoms with Gasteiger partial charge in [0.2, 0.25) is 11.8 Å². The van der Waals surface area contributed by atoms with E-state index in [1.807, 2.05) is 48.7 Å². The quantitative estimate of drug-likeness (QED) is 0.613. The van der Waals surface area contributed by atoms with E-state index in [2.05, 4.69) is 20.3 Å². The lowest BCUT2D eigenvalue weighted by Crippen LogP contribution is -2.41. The van der Waals surface area contributed by atoms with Crippen LogP contribution in [-0.2, 0) is 16.0 Å². The van der Waals surface area contributed by atoms with Gasteiger partial charge in [0.05, 0.1) is 29.7 Å². The van der Waals surface area contributed by atoms with Gasteiger partial charge in [0.15, 0.2) is 0 Å². The molecule has 3 aromatic rings. The fourth-order valence-corrected chi connectivity index (χ4v) is 3.76. The van der Waals surface area contributed by atoms with Gasteiger partial charge in [-0.3, -0.25) is 9.59 Å². The van der Waals surface area contributed by atoms with Crippen LogP contribution in [0.15, 0.2) is 61.1 Å². The summed E-state index contributed by atoms with van der Waals surface area (Å²) < 4.78 is 1.80. The first kappa shape index (κ1) is 20.6. The van der Waals surface area contributed by atoms with E-state index in [9.17, 15) is 9.59 Å². The van der Waals surface area contributed by atoms with Crippen molar-refractivity contribution in [2.75, 3.05) is 23.3 Å². The van der Waals surface area contributed by atoms with Gasteiger partial charge >= 0.3 is 0 Å². The molecule has 0 spiro atoms. The fourth-order valence-electron chi connectivity index (χ4n) is 3.76. The molecule has 3 N–H and O–H groups in total. The summed E-state index contributed by atoms with van der Waals surface area (Å²) in [5, 5.41) is 7.25. The van der Waals surface area contributed by atoms with Crippen LogP contribution in [0.1, 0.15) is 24.8 Å². The molecular formula is C23H26N6O2. The Balaban J connectivity index is 1.28. The highest BCUT2D eigenvalue weighted by Gasteiger charge is 2.24. The molecule has 1 aromatic carbocycles. The predicted octanol–water partition coefficient (Wildman–Crippen LogP) is 2.54. The summed E-state index contributed by atoms with van der Waals surface area (Å²) in [6.07, 6.45) is 8.07. The van der Waals surface area contributed by atoms with E-state index in [-0.39, 0.29) is 17.7 Å². The van der Waals surface area contributed by atoms with Crippen LogP contribution >= 0.6 is 0 Å². The molecule has 1 fully saturated rings. The maximum Gasteiger partial charge on any atom is 0.224 e. The zero-order valence-electron chi connectivity index (χ0n) is 17.3. The summed E-state index contributed by atoms with van der Waals surface area (Å²) in [5.41, 5.74) is 8.09. The Bertz CT molecular complexity index is 1030. The number of carbonyl (C=O) groups excluding carboxylic acids is 2. The van der Waals surface area contributed by atoms with Gasteiger partial charge in [0.25, 0.3) is 0 Å². The van der Waals surface area contributed by atoms with Crippen LogP contribution in [0.4, 0.5) is 11.5 Å². The molecule has 2 amide bonds. The van der Waals surface area contributed by atoms with Crippen molar-refractivity contribution in [3.8, 4) is 5.69 Å². The molecule has 8 nitrogen and oxygen atoms in total. The molecule has 0 radical (unpaired) electrons. The Morgan fingerprint density at radius 3 is 2.71 bits per heavy atom. The molecule has 1 atom stereocenters. The van der Waals surface area contributed by atoms with Crippen molar-refractivity contribution in [2.45, 2.75) is 25.7 Å². The maximum absolute atomic E-state index is 12.3. The number of hydrogen-bond acceptors (Lipinski definition) is 5. The van der Waals surface area contributed by atoms with Crippen LogP contribution in [0, 0.1) is 5.92 Å². The van der Waals surface area contributed by atoms with Gasteiger partial charge in [0, 0.05) is 25.7 Å². The largest absolute Gasteiger partial charge is 0.369 e. The highest BCUT2D eigenvalue weighted by atomic mass is 16.2. The van der Waals surface area contributed by atoms with Crippen LogP contribution in [0.25, 0.3) is 5.69 Å². The van der Waals surface area contributed by atoms with Gasteiger partial charge in [-0.2, -0.15) is 5.10 Å². The van der Waals surface area contributed by atoms with Crippen molar-refractivity contribution < 1.29 is 9.59 Å². The number of benzene rings is 1. The molecule has 160 valence electrons. The Hall–Kier alpha value is -3.68. The van der Waals surface area contributed by atoms with Crippen LogP contribution in [0.5, 0.6) is 0 Å². The van der Waals surface area contributed by atoms with E-state index in [0.29, 0.717) is 25.1 Å². The van der Waals surface area contributed by atoms with Gasteiger partial charge in [-0.25, -0.2) is 9.67 Å². The number of aryl methyl sites for hydroxylation is 1. The average molecular weight is 419 g/mol. The summed E-state index contributed by atoms with van der Waals surface area (Å²) in [4.78, 5) is 30.3. The molecule has 3 heterocycles. The van der Waals surface area contributed by atoms with Crippen molar-refractivity contribution in [2.24, 2.45) is 11.7 Å². The number of nitrogens with two attached hydrogens (primary N) is 1. The minimum absolute atomic E-state index is 0.0752. The molecule has 1 aliphatic rings. The molecule has 8 heteroatoms. The Labute approximate surface area is 181 Å². The number of nitrogens with zero attached hydrogens (tertiary/aromatic N) is 4. The van der Waals surface area contributed by atoms with Crippen LogP contribution in [0.3, 0.4) is 0 Å². The lowest BCUT2D eigenvalue weighted by Gasteiger charge is -2.32. The summed E-state index contributed by atoms with van der Waals surface area (Å²) in [7, 11) is 0. The number of aromatic nitrogens is 3. The van der Waals surface area contributed by atoms with Crippen LogP contribution < -0.4 is 16.0 Å². The summed E-state index contributed by atoms with van der Waals surface area (Å²) >= 11 is 0.